The number of nitrogens with one attached hydrogen (secondary N) is 2. The van der Waals surface area contributed by atoms with Gasteiger partial charge in [0.15, 0.2) is 0 Å². The molecule has 0 bridgehead atoms. The van der Waals surface area contributed by atoms with Crippen molar-refractivity contribution in [3.05, 3.63) is 76.8 Å². The highest BCUT2D eigenvalue weighted by Gasteiger charge is 2.33. The van der Waals surface area contributed by atoms with Gasteiger partial charge in [-0.15, -0.1) is 0 Å². The number of halogens is 1. The smallest absolute Gasteiger partial charge is 0.241 e. The highest BCUT2D eigenvalue weighted by atomic mass is 35.5. The van der Waals surface area contributed by atoms with E-state index in [-0.39, 0.29) is 18.0 Å². The minimum absolute atomic E-state index is 0.0999. The molecule has 0 saturated carbocycles. The normalized spacial score (nSPS) is 23.0. The maximum absolute atomic E-state index is 12.9. The molecule has 2 aliphatic heterocycles. The van der Waals surface area contributed by atoms with E-state index >= 15 is 0 Å². The van der Waals surface area contributed by atoms with Crippen LogP contribution in [0.25, 0.3) is 5.57 Å². The molecule has 26 heavy (non-hydrogen) atoms. The van der Waals surface area contributed by atoms with Crippen molar-refractivity contribution in [3.8, 4) is 0 Å². The van der Waals surface area contributed by atoms with Crippen LogP contribution in [-0.2, 0) is 4.79 Å². The summed E-state index contributed by atoms with van der Waals surface area (Å²) in [5, 5.41) is 0.716. The molecular formula is C21H22ClN3O. The zero-order chi connectivity index (χ0) is 17.9. The Labute approximate surface area is 158 Å². The van der Waals surface area contributed by atoms with Gasteiger partial charge in [0.05, 0.1) is 0 Å². The van der Waals surface area contributed by atoms with E-state index in [2.05, 4.69) is 41.2 Å². The van der Waals surface area contributed by atoms with Crippen LogP contribution in [0.15, 0.2) is 60.7 Å². The molecule has 1 saturated heterocycles. The summed E-state index contributed by atoms with van der Waals surface area (Å²) in [5.41, 5.74) is 10.1. The summed E-state index contributed by atoms with van der Waals surface area (Å²) >= 11 is 6.08. The second kappa shape index (κ2) is 7.62. The van der Waals surface area contributed by atoms with E-state index in [1.807, 2.05) is 35.2 Å². The van der Waals surface area contributed by atoms with Crippen LogP contribution >= 0.6 is 11.6 Å². The first kappa shape index (κ1) is 17.3. The fourth-order valence-corrected chi connectivity index (χ4v) is 3.86. The second-order valence-corrected chi connectivity index (χ2v) is 7.25. The molecule has 0 radical (unpaired) electrons. The number of carbonyl (C=O) groups is 1. The molecule has 0 aromatic heterocycles. The van der Waals surface area contributed by atoms with Gasteiger partial charge in [0, 0.05) is 24.2 Å². The van der Waals surface area contributed by atoms with Crippen molar-refractivity contribution >= 4 is 23.1 Å². The topological polar surface area (TPSA) is 44.4 Å². The number of rotatable bonds is 3. The zero-order valence-electron chi connectivity index (χ0n) is 14.5. The van der Waals surface area contributed by atoms with Crippen LogP contribution in [0.4, 0.5) is 0 Å². The summed E-state index contributed by atoms with van der Waals surface area (Å²) < 4.78 is 0. The lowest BCUT2D eigenvalue weighted by Crippen LogP contribution is -2.46. The van der Waals surface area contributed by atoms with E-state index in [1.54, 1.807) is 0 Å². The van der Waals surface area contributed by atoms with Gasteiger partial charge in [-0.1, -0.05) is 60.1 Å². The van der Waals surface area contributed by atoms with Gasteiger partial charge in [0.25, 0.3) is 0 Å². The molecule has 2 aliphatic rings. The predicted molar refractivity (Wildman–Crippen MR) is 104 cm³/mol. The highest BCUT2D eigenvalue weighted by molar-refractivity contribution is 6.30. The molecule has 2 atom stereocenters. The van der Waals surface area contributed by atoms with Gasteiger partial charge < -0.3 is 4.90 Å². The van der Waals surface area contributed by atoms with E-state index in [9.17, 15) is 4.79 Å². The minimum atomic E-state index is -0.203. The summed E-state index contributed by atoms with van der Waals surface area (Å²) in [6, 6.07) is 18.1. The van der Waals surface area contributed by atoms with Crippen LogP contribution < -0.4 is 10.9 Å². The maximum Gasteiger partial charge on any atom is 0.241 e. The summed E-state index contributed by atoms with van der Waals surface area (Å²) in [4.78, 5) is 14.8. The SMILES string of the molecule is O=C(C1CC(c2cccc(Cl)c2)NN1)N1CC=C(c2ccccc2)CC1. The van der Waals surface area contributed by atoms with Crippen molar-refractivity contribution < 1.29 is 4.79 Å². The molecule has 2 N–H and O–H groups in total. The minimum Gasteiger partial charge on any atom is -0.337 e. The Kier molecular flexibility index (Phi) is 5.07. The first-order chi connectivity index (χ1) is 12.7. The van der Waals surface area contributed by atoms with E-state index in [0.29, 0.717) is 11.6 Å². The van der Waals surface area contributed by atoms with Gasteiger partial charge in [-0.05, 0) is 41.7 Å². The van der Waals surface area contributed by atoms with Crippen LogP contribution in [0.2, 0.25) is 5.02 Å². The molecule has 0 spiro atoms. The third-order valence-electron chi connectivity index (χ3n) is 5.12. The molecule has 1 amide bonds. The van der Waals surface area contributed by atoms with Gasteiger partial charge in [-0.3, -0.25) is 4.79 Å². The Morgan fingerprint density at radius 2 is 1.92 bits per heavy atom. The third kappa shape index (κ3) is 3.68. The number of benzene rings is 2. The van der Waals surface area contributed by atoms with Crippen LogP contribution in [0, 0.1) is 0 Å². The molecule has 2 heterocycles. The van der Waals surface area contributed by atoms with E-state index in [0.717, 1.165) is 24.9 Å². The number of hydrazine groups is 1. The number of hydrogen-bond donors (Lipinski definition) is 2. The summed E-state index contributed by atoms with van der Waals surface area (Å²) in [5.74, 6) is 0.158. The first-order valence-corrected chi connectivity index (χ1v) is 9.38. The van der Waals surface area contributed by atoms with Gasteiger partial charge in [-0.2, -0.15) is 0 Å². The van der Waals surface area contributed by atoms with Crippen molar-refractivity contribution in [2.45, 2.75) is 24.9 Å². The van der Waals surface area contributed by atoms with Gasteiger partial charge in [0.2, 0.25) is 5.91 Å². The molecule has 2 unspecified atom stereocenters. The Bertz CT molecular complexity index is 821. The van der Waals surface area contributed by atoms with Crippen molar-refractivity contribution in [1.82, 2.24) is 15.8 Å². The quantitative estimate of drug-likeness (QED) is 0.871. The number of nitrogens with zero attached hydrogens (tertiary/aromatic N) is 1. The molecule has 0 aliphatic carbocycles. The molecule has 2 aromatic carbocycles. The summed E-state index contributed by atoms with van der Waals surface area (Å²) in [7, 11) is 0. The lowest BCUT2D eigenvalue weighted by molar-refractivity contribution is -0.132. The molecule has 134 valence electrons. The predicted octanol–water partition coefficient (Wildman–Crippen LogP) is 3.56. The molecular weight excluding hydrogens is 346 g/mol. The van der Waals surface area contributed by atoms with Crippen molar-refractivity contribution in [2.24, 2.45) is 0 Å². The van der Waals surface area contributed by atoms with Crippen molar-refractivity contribution in [2.75, 3.05) is 13.1 Å². The van der Waals surface area contributed by atoms with E-state index in [4.69, 9.17) is 11.6 Å². The lowest BCUT2D eigenvalue weighted by atomic mass is 9.98. The Morgan fingerprint density at radius 1 is 1.08 bits per heavy atom. The average molecular weight is 368 g/mol. The van der Waals surface area contributed by atoms with Crippen molar-refractivity contribution in [3.63, 3.8) is 0 Å². The number of hydrogen-bond acceptors (Lipinski definition) is 3. The van der Waals surface area contributed by atoms with E-state index in [1.165, 1.54) is 11.1 Å². The Morgan fingerprint density at radius 3 is 2.65 bits per heavy atom. The molecule has 2 aromatic rings. The van der Waals surface area contributed by atoms with Gasteiger partial charge >= 0.3 is 0 Å². The van der Waals surface area contributed by atoms with Crippen LogP contribution in [0.5, 0.6) is 0 Å². The second-order valence-electron chi connectivity index (χ2n) is 6.81. The lowest BCUT2D eigenvalue weighted by Gasteiger charge is -2.28. The largest absolute Gasteiger partial charge is 0.337 e. The maximum atomic E-state index is 12.9. The Balaban J connectivity index is 1.38. The number of carbonyl (C=O) groups excluding carboxylic acids is 1. The summed E-state index contributed by atoms with van der Waals surface area (Å²) in [6.45, 7) is 1.43. The van der Waals surface area contributed by atoms with Crippen LogP contribution in [-0.4, -0.2) is 29.9 Å². The van der Waals surface area contributed by atoms with Gasteiger partial charge in [-0.25, -0.2) is 10.9 Å². The summed E-state index contributed by atoms with van der Waals surface area (Å²) in [6.07, 6.45) is 3.80. The molecule has 4 rings (SSSR count). The molecule has 5 heteroatoms. The van der Waals surface area contributed by atoms with Crippen molar-refractivity contribution in [1.29, 1.82) is 0 Å². The first-order valence-electron chi connectivity index (χ1n) is 9.00. The number of amides is 1. The van der Waals surface area contributed by atoms with Crippen LogP contribution in [0.1, 0.15) is 30.0 Å². The monoisotopic (exact) mass is 367 g/mol. The molecule has 1 fully saturated rings. The van der Waals surface area contributed by atoms with Gasteiger partial charge in [0.1, 0.15) is 6.04 Å². The third-order valence-corrected chi connectivity index (χ3v) is 5.35. The zero-order valence-corrected chi connectivity index (χ0v) is 15.2. The highest BCUT2D eigenvalue weighted by Crippen LogP contribution is 2.27. The Hall–Kier alpha value is -2.14. The standard InChI is InChI=1S/C21H22ClN3O/c22-18-8-4-7-17(13-18)19-14-20(24-23-19)21(26)25-11-9-16(10-12-25)15-5-2-1-3-6-15/h1-9,13,19-20,23-24H,10-12,14H2. The fraction of sp³-hybridized carbons (Fsp3) is 0.286. The fourth-order valence-electron chi connectivity index (χ4n) is 3.66. The van der Waals surface area contributed by atoms with E-state index < -0.39 is 0 Å². The molecule has 4 nitrogen and oxygen atoms in total. The average Bonchev–Trinajstić information content (AvgIpc) is 3.18. The van der Waals surface area contributed by atoms with Crippen LogP contribution in [0.3, 0.4) is 0 Å².